The number of hydrogen-bond acceptors (Lipinski definition) is 2. The van der Waals surface area contributed by atoms with Gasteiger partial charge in [-0.3, -0.25) is 0 Å². The van der Waals surface area contributed by atoms with E-state index in [0.29, 0.717) is 17.7 Å². The molecule has 0 bridgehead atoms. The van der Waals surface area contributed by atoms with Gasteiger partial charge in [0.2, 0.25) is 0 Å². The summed E-state index contributed by atoms with van der Waals surface area (Å²) in [5.74, 6) is 0.322. The van der Waals surface area contributed by atoms with Gasteiger partial charge in [0.05, 0.1) is 0 Å². The first-order valence-electron chi connectivity index (χ1n) is 4.75. The van der Waals surface area contributed by atoms with Crippen LogP contribution in [0.2, 0.25) is 0 Å². The Morgan fingerprint density at radius 1 is 1.43 bits per heavy atom. The summed E-state index contributed by atoms with van der Waals surface area (Å²) in [5.41, 5.74) is 5.65. The average molecular weight is 213 g/mol. The van der Waals surface area contributed by atoms with Crippen LogP contribution in [0.3, 0.4) is 0 Å². The summed E-state index contributed by atoms with van der Waals surface area (Å²) < 4.78 is 12.9. The number of nitrogens with two attached hydrogens (primary N) is 1. The SMILES string of the molecule is CC(C)C(CN)Sc1cccc(F)c1. The van der Waals surface area contributed by atoms with Gasteiger partial charge in [0.15, 0.2) is 0 Å². The van der Waals surface area contributed by atoms with Gasteiger partial charge in [0.1, 0.15) is 5.82 Å². The van der Waals surface area contributed by atoms with E-state index in [2.05, 4.69) is 13.8 Å². The molecule has 0 spiro atoms. The molecular formula is C11H16FNS. The Kier molecular flexibility index (Phi) is 4.42. The van der Waals surface area contributed by atoms with Crippen molar-refractivity contribution in [3.05, 3.63) is 30.1 Å². The number of thioether (sulfide) groups is 1. The van der Waals surface area contributed by atoms with Gasteiger partial charge in [-0.25, -0.2) is 4.39 Å². The minimum absolute atomic E-state index is 0.186. The van der Waals surface area contributed by atoms with Gasteiger partial charge < -0.3 is 5.73 Å². The normalized spacial score (nSPS) is 13.2. The summed E-state index contributed by atoms with van der Waals surface area (Å²) in [6, 6.07) is 6.65. The Balaban J connectivity index is 2.67. The van der Waals surface area contributed by atoms with Gasteiger partial charge in [0, 0.05) is 16.7 Å². The van der Waals surface area contributed by atoms with Gasteiger partial charge in [0.25, 0.3) is 0 Å². The summed E-state index contributed by atoms with van der Waals surface area (Å²) in [4.78, 5) is 0.953. The number of rotatable bonds is 4. The van der Waals surface area contributed by atoms with E-state index in [1.165, 1.54) is 6.07 Å². The van der Waals surface area contributed by atoms with Crippen LogP contribution in [-0.4, -0.2) is 11.8 Å². The molecule has 78 valence electrons. The van der Waals surface area contributed by atoms with Gasteiger partial charge in [-0.15, -0.1) is 11.8 Å². The molecule has 0 saturated carbocycles. The molecule has 14 heavy (non-hydrogen) atoms. The average Bonchev–Trinajstić information content (AvgIpc) is 2.14. The van der Waals surface area contributed by atoms with Crippen LogP contribution in [0.5, 0.6) is 0 Å². The summed E-state index contributed by atoms with van der Waals surface area (Å²) in [6.45, 7) is 4.88. The lowest BCUT2D eigenvalue weighted by molar-refractivity contribution is 0.610. The highest BCUT2D eigenvalue weighted by Crippen LogP contribution is 2.27. The van der Waals surface area contributed by atoms with Crippen LogP contribution in [-0.2, 0) is 0 Å². The van der Waals surface area contributed by atoms with Crippen LogP contribution in [0.25, 0.3) is 0 Å². The zero-order valence-corrected chi connectivity index (χ0v) is 9.35. The lowest BCUT2D eigenvalue weighted by atomic mass is 10.1. The quantitative estimate of drug-likeness (QED) is 0.778. The zero-order chi connectivity index (χ0) is 10.6. The Morgan fingerprint density at radius 2 is 2.14 bits per heavy atom. The molecule has 1 rings (SSSR count). The standard InChI is InChI=1S/C11H16FNS/c1-8(2)11(7-13)14-10-5-3-4-9(12)6-10/h3-6,8,11H,7,13H2,1-2H3. The molecule has 2 N–H and O–H groups in total. The summed E-state index contributed by atoms with van der Waals surface area (Å²) in [5, 5.41) is 0.358. The van der Waals surface area contributed by atoms with E-state index in [4.69, 9.17) is 5.73 Å². The van der Waals surface area contributed by atoms with Crippen molar-refractivity contribution in [2.75, 3.05) is 6.54 Å². The van der Waals surface area contributed by atoms with Gasteiger partial charge in [-0.05, 0) is 24.1 Å². The second kappa shape index (κ2) is 5.37. The Bertz CT molecular complexity index is 288. The monoisotopic (exact) mass is 213 g/mol. The molecule has 1 nitrogen and oxygen atoms in total. The molecule has 0 aliphatic carbocycles. The lowest BCUT2D eigenvalue weighted by Crippen LogP contribution is -2.22. The Hall–Kier alpha value is -0.540. The fourth-order valence-corrected chi connectivity index (χ4v) is 2.23. The smallest absolute Gasteiger partial charge is 0.124 e. The van der Waals surface area contributed by atoms with Crippen LogP contribution in [0, 0.1) is 11.7 Å². The van der Waals surface area contributed by atoms with Crippen LogP contribution >= 0.6 is 11.8 Å². The highest BCUT2D eigenvalue weighted by Gasteiger charge is 2.12. The molecule has 1 atom stereocenters. The van der Waals surface area contributed by atoms with E-state index >= 15 is 0 Å². The summed E-state index contributed by atoms with van der Waals surface area (Å²) in [7, 11) is 0. The Labute approximate surface area is 88.9 Å². The molecule has 0 aromatic heterocycles. The van der Waals surface area contributed by atoms with E-state index in [9.17, 15) is 4.39 Å². The summed E-state index contributed by atoms with van der Waals surface area (Å²) >= 11 is 1.65. The third-order valence-corrected chi connectivity index (χ3v) is 3.63. The maximum absolute atomic E-state index is 12.9. The van der Waals surface area contributed by atoms with Crippen LogP contribution in [0.15, 0.2) is 29.2 Å². The summed E-state index contributed by atoms with van der Waals surface area (Å²) in [6.07, 6.45) is 0. The molecule has 1 aromatic rings. The van der Waals surface area contributed by atoms with E-state index in [1.54, 1.807) is 23.9 Å². The molecule has 0 heterocycles. The largest absolute Gasteiger partial charge is 0.329 e. The van der Waals surface area contributed by atoms with Gasteiger partial charge in [-0.2, -0.15) is 0 Å². The maximum Gasteiger partial charge on any atom is 0.124 e. The molecule has 0 fully saturated rings. The first kappa shape index (κ1) is 11.5. The van der Waals surface area contributed by atoms with Crippen molar-refractivity contribution in [1.82, 2.24) is 0 Å². The third-order valence-electron chi connectivity index (χ3n) is 2.06. The third kappa shape index (κ3) is 3.31. The van der Waals surface area contributed by atoms with Gasteiger partial charge >= 0.3 is 0 Å². The van der Waals surface area contributed by atoms with Crippen molar-refractivity contribution in [3.63, 3.8) is 0 Å². The highest BCUT2D eigenvalue weighted by molar-refractivity contribution is 8.00. The topological polar surface area (TPSA) is 26.0 Å². The molecule has 1 unspecified atom stereocenters. The van der Waals surface area contributed by atoms with Crippen LogP contribution in [0.4, 0.5) is 4.39 Å². The molecule has 3 heteroatoms. The predicted molar refractivity (Wildman–Crippen MR) is 59.9 cm³/mol. The van der Waals surface area contributed by atoms with Crippen molar-refractivity contribution in [2.24, 2.45) is 11.7 Å². The highest BCUT2D eigenvalue weighted by atomic mass is 32.2. The second-order valence-corrected chi connectivity index (χ2v) is 4.91. The molecule has 0 radical (unpaired) electrons. The van der Waals surface area contributed by atoms with E-state index < -0.39 is 0 Å². The van der Waals surface area contributed by atoms with Crippen molar-refractivity contribution in [2.45, 2.75) is 24.0 Å². The van der Waals surface area contributed by atoms with E-state index in [1.807, 2.05) is 6.07 Å². The predicted octanol–water partition coefficient (Wildman–Crippen LogP) is 2.90. The maximum atomic E-state index is 12.9. The zero-order valence-electron chi connectivity index (χ0n) is 8.53. The number of halogens is 1. The Morgan fingerprint density at radius 3 is 2.64 bits per heavy atom. The molecule has 0 aliphatic rings. The molecule has 0 saturated heterocycles. The minimum atomic E-state index is -0.186. The molecule has 0 aliphatic heterocycles. The molecular weight excluding hydrogens is 197 g/mol. The van der Waals surface area contributed by atoms with Crippen molar-refractivity contribution in [3.8, 4) is 0 Å². The first-order chi connectivity index (χ1) is 6.63. The fraction of sp³-hybridized carbons (Fsp3) is 0.455. The van der Waals surface area contributed by atoms with Gasteiger partial charge in [-0.1, -0.05) is 19.9 Å². The van der Waals surface area contributed by atoms with E-state index in [-0.39, 0.29) is 5.82 Å². The molecule has 0 amide bonds. The fourth-order valence-electron chi connectivity index (χ4n) is 1.17. The second-order valence-electron chi connectivity index (χ2n) is 3.59. The first-order valence-corrected chi connectivity index (χ1v) is 5.63. The molecule has 1 aromatic carbocycles. The minimum Gasteiger partial charge on any atom is -0.329 e. The number of benzene rings is 1. The lowest BCUT2D eigenvalue weighted by Gasteiger charge is -2.17. The number of hydrogen-bond donors (Lipinski definition) is 1. The van der Waals surface area contributed by atoms with Crippen LogP contribution < -0.4 is 5.73 Å². The van der Waals surface area contributed by atoms with Crippen molar-refractivity contribution in [1.29, 1.82) is 0 Å². The van der Waals surface area contributed by atoms with Crippen LogP contribution in [0.1, 0.15) is 13.8 Å². The van der Waals surface area contributed by atoms with E-state index in [0.717, 1.165) is 4.90 Å². The van der Waals surface area contributed by atoms with Crippen molar-refractivity contribution >= 4 is 11.8 Å². The van der Waals surface area contributed by atoms with Crippen molar-refractivity contribution < 1.29 is 4.39 Å².